The molecule has 6 nitrogen and oxygen atoms in total. The summed E-state index contributed by atoms with van der Waals surface area (Å²) >= 11 is 1.78. The number of nitrogens with one attached hydrogen (secondary N) is 1. The SMILES string of the molecule is Cn1nc(C(=O)NCCCN2CCN(c3ccccc3)CC2)c2c1-c1ccccc1SC2. The van der Waals surface area contributed by atoms with E-state index in [1.54, 1.807) is 11.8 Å². The van der Waals surface area contributed by atoms with Crippen LogP contribution in [0.3, 0.4) is 0 Å². The fourth-order valence-electron chi connectivity index (χ4n) is 4.62. The van der Waals surface area contributed by atoms with E-state index >= 15 is 0 Å². The number of carbonyl (C=O) groups is 1. The molecule has 32 heavy (non-hydrogen) atoms. The Balaban J connectivity index is 1.12. The van der Waals surface area contributed by atoms with Crippen LogP contribution in [0.1, 0.15) is 22.5 Å². The Kier molecular flexibility index (Phi) is 6.19. The van der Waals surface area contributed by atoms with Crippen molar-refractivity contribution in [3.05, 3.63) is 65.9 Å². The predicted molar refractivity (Wildman–Crippen MR) is 130 cm³/mol. The predicted octanol–water partition coefficient (Wildman–Crippen LogP) is 3.63. The van der Waals surface area contributed by atoms with Gasteiger partial charge in [0.2, 0.25) is 0 Å². The Bertz CT molecular complexity index is 1090. The molecule has 0 radical (unpaired) electrons. The second kappa shape index (κ2) is 9.38. The molecule has 3 aromatic rings. The molecule has 0 bridgehead atoms. The van der Waals surface area contributed by atoms with Crippen molar-refractivity contribution in [2.24, 2.45) is 7.05 Å². The average Bonchev–Trinajstić information content (AvgIpc) is 3.19. The molecule has 7 heteroatoms. The first-order valence-corrected chi connectivity index (χ1v) is 12.3. The molecular weight excluding hydrogens is 418 g/mol. The van der Waals surface area contributed by atoms with Gasteiger partial charge in [0.1, 0.15) is 0 Å². The van der Waals surface area contributed by atoms with E-state index in [2.05, 4.69) is 68.7 Å². The lowest BCUT2D eigenvalue weighted by Gasteiger charge is -2.36. The summed E-state index contributed by atoms with van der Waals surface area (Å²) in [7, 11) is 1.93. The number of hydrogen-bond donors (Lipinski definition) is 1. The molecule has 0 aliphatic carbocycles. The highest BCUT2D eigenvalue weighted by molar-refractivity contribution is 7.98. The Morgan fingerprint density at radius 2 is 1.78 bits per heavy atom. The summed E-state index contributed by atoms with van der Waals surface area (Å²) in [6, 6.07) is 19.0. The van der Waals surface area contributed by atoms with Gasteiger partial charge in [0.05, 0.1) is 5.69 Å². The first-order valence-electron chi connectivity index (χ1n) is 11.3. The molecule has 0 saturated carbocycles. The van der Waals surface area contributed by atoms with Crippen molar-refractivity contribution in [2.45, 2.75) is 17.1 Å². The van der Waals surface area contributed by atoms with Gasteiger partial charge in [-0.2, -0.15) is 5.10 Å². The van der Waals surface area contributed by atoms with Crippen LogP contribution < -0.4 is 10.2 Å². The minimum Gasteiger partial charge on any atom is -0.369 e. The number of amides is 1. The highest BCUT2D eigenvalue weighted by Crippen LogP contribution is 2.42. The highest BCUT2D eigenvalue weighted by Gasteiger charge is 2.27. The summed E-state index contributed by atoms with van der Waals surface area (Å²) in [5.74, 6) is 0.727. The fourth-order valence-corrected chi connectivity index (χ4v) is 5.69. The Hall–Kier alpha value is -2.77. The van der Waals surface area contributed by atoms with Crippen LogP contribution in [0.15, 0.2) is 59.5 Å². The van der Waals surface area contributed by atoms with Crippen LogP contribution in [0.4, 0.5) is 5.69 Å². The normalized spacial score (nSPS) is 15.8. The van der Waals surface area contributed by atoms with Gasteiger partial charge in [-0.3, -0.25) is 14.4 Å². The summed E-state index contributed by atoms with van der Waals surface area (Å²) < 4.78 is 1.86. The number of rotatable bonds is 6. The maximum atomic E-state index is 12.9. The van der Waals surface area contributed by atoms with Gasteiger partial charge in [0, 0.05) is 67.2 Å². The van der Waals surface area contributed by atoms with E-state index in [0.29, 0.717) is 12.2 Å². The van der Waals surface area contributed by atoms with Crippen molar-refractivity contribution in [1.29, 1.82) is 0 Å². The van der Waals surface area contributed by atoms with Gasteiger partial charge in [-0.15, -0.1) is 11.8 Å². The molecule has 2 aliphatic rings. The largest absolute Gasteiger partial charge is 0.369 e. The van der Waals surface area contributed by atoms with Crippen molar-refractivity contribution >= 4 is 23.4 Å². The van der Waals surface area contributed by atoms with E-state index in [1.807, 2.05) is 17.8 Å². The quantitative estimate of drug-likeness (QED) is 0.585. The van der Waals surface area contributed by atoms with Crippen molar-refractivity contribution in [2.75, 3.05) is 44.2 Å². The summed E-state index contributed by atoms with van der Waals surface area (Å²) in [4.78, 5) is 19.1. The smallest absolute Gasteiger partial charge is 0.272 e. The highest BCUT2D eigenvalue weighted by atomic mass is 32.2. The first kappa shape index (κ1) is 21.1. The van der Waals surface area contributed by atoms with E-state index < -0.39 is 0 Å². The number of carbonyl (C=O) groups excluding carboxylic acids is 1. The number of thioether (sulfide) groups is 1. The maximum Gasteiger partial charge on any atom is 0.272 e. The van der Waals surface area contributed by atoms with Gasteiger partial charge >= 0.3 is 0 Å². The van der Waals surface area contributed by atoms with E-state index in [0.717, 1.165) is 56.2 Å². The zero-order chi connectivity index (χ0) is 21.9. The number of benzene rings is 2. The molecule has 166 valence electrons. The molecule has 5 rings (SSSR count). The summed E-state index contributed by atoms with van der Waals surface area (Å²) in [5, 5.41) is 7.67. The van der Waals surface area contributed by atoms with Crippen molar-refractivity contribution < 1.29 is 4.79 Å². The number of aryl methyl sites for hydroxylation is 1. The van der Waals surface area contributed by atoms with E-state index in [4.69, 9.17) is 0 Å². The van der Waals surface area contributed by atoms with Gasteiger partial charge in [-0.1, -0.05) is 36.4 Å². The van der Waals surface area contributed by atoms with Crippen LogP contribution in [0.2, 0.25) is 0 Å². The third-order valence-corrected chi connectivity index (χ3v) is 7.40. The number of hydrogen-bond acceptors (Lipinski definition) is 5. The molecule has 3 heterocycles. The van der Waals surface area contributed by atoms with Crippen LogP contribution in [-0.4, -0.2) is 59.9 Å². The fraction of sp³-hybridized carbons (Fsp3) is 0.360. The van der Waals surface area contributed by atoms with Crippen molar-refractivity contribution in [3.8, 4) is 11.3 Å². The molecular formula is C25H29N5OS. The molecule has 1 N–H and O–H groups in total. The van der Waals surface area contributed by atoms with E-state index in [-0.39, 0.29) is 5.91 Å². The zero-order valence-corrected chi connectivity index (χ0v) is 19.3. The lowest BCUT2D eigenvalue weighted by Crippen LogP contribution is -2.47. The first-order chi connectivity index (χ1) is 15.7. The Morgan fingerprint density at radius 3 is 2.59 bits per heavy atom. The third kappa shape index (κ3) is 4.27. The second-order valence-corrected chi connectivity index (χ2v) is 9.38. The topological polar surface area (TPSA) is 53.4 Å². The van der Waals surface area contributed by atoms with Crippen LogP contribution in [-0.2, 0) is 12.8 Å². The minimum absolute atomic E-state index is 0.0595. The molecule has 1 aromatic heterocycles. The van der Waals surface area contributed by atoms with Crippen LogP contribution >= 0.6 is 11.8 Å². The van der Waals surface area contributed by atoms with Gasteiger partial charge in [0.15, 0.2) is 5.69 Å². The number of piperazine rings is 1. The van der Waals surface area contributed by atoms with E-state index in [9.17, 15) is 4.79 Å². The molecule has 0 unspecified atom stereocenters. The second-order valence-electron chi connectivity index (χ2n) is 8.36. The summed E-state index contributed by atoms with van der Waals surface area (Å²) in [6.45, 7) is 5.91. The standard InChI is InChI=1S/C25H29N5OS/c1-28-24-20-10-5-6-11-22(20)32-18-21(24)23(27-28)25(31)26-12-7-13-29-14-16-30(17-15-29)19-8-3-2-4-9-19/h2-6,8-11H,7,12-18H2,1H3,(H,26,31). The maximum absolute atomic E-state index is 12.9. The Labute approximate surface area is 193 Å². The average molecular weight is 448 g/mol. The minimum atomic E-state index is -0.0595. The molecule has 0 spiro atoms. The number of aromatic nitrogens is 2. The third-order valence-electron chi connectivity index (χ3n) is 6.30. The molecule has 1 amide bonds. The number of fused-ring (bicyclic) bond motifs is 3. The zero-order valence-electron chi connectivity index (χ0n) is 18.5. The van der Waals surface area contributed by atoms with E-state index in [1.165, 1.54) is 16.1 Å². The van der Waals surface area contributed by atoms with Crippen molar-refractivity contribution in [1.82, 2.24) is 20.0 Å². The Morgan fingerprint density at radius 1 is 1.03 bits per heavy atom. The lowest BCUT2D eigenvalue weighted by molar-refractivity contribution is 0.0945. The van der Waals surface area contributed by atoms with Crippen LogP contribution in [0, 0.1) is 0 Å². The summed E-state index contributed by atoms with van der Waals surface area (Å²) in [6.07, 6.45) is 0.948. The van der Waals surface area contributed by atoms with Gasteiger partial charge in [0.25, 0.3) is 5.91 Å². The molecule has 2 aromatic carbocycles. The van der Waals surface area contributed by atoms with Gasteiger partial charge < -0.3 is 10.2 Å². The van der Waals surface area contributed by atoms with Crippen molar-refractivity contribution in [3.63, 3.8) is 0 Å². The van der Waals surface area contributed by atoms with Crippen LogP contribution in [0.5, 0.6) is 0 Å². The lowest BCUT2D eigenvalue weighted by atomic mass is 10.1. The van der Waals surface area contributed by atoms with Crippen LogP contribution in [0.25, 0.3) is 11.3 Å². The molecule has 2 aliphatic heterocycles. The number of anilines is 1. The number of nitrogens with zero attached hydrogens (tertiary/aromatic N) is 4. The van der Waals surface area contributed by atoms with Gasteiger partial charge in [-0.25, -0.2) is 0 Å². The molecule has 1 fully saturated rings. The number of para-hydroxylation sites is 1. The molecule has 1 saturated heterocycles. The van der Waals surface area contributed by atoms with Gasteiger partial charge in [-0.05, 0) is 31.2 Å². The summed E-state index contributed by atoms with van der Waals surface area (Å²) in [5.41, 5.74) is 5.16. The molecule has 0 atom stereocenters. The monoisotopic (exact) mass is 447 g/mol.